The maximum Gasteiger partial charge on any atom is 0.321 e. The number of rotatable bonds is 5. The highest BCUT2D eigenvalue weighted by Gasteiger charge is 2.24. The number of imide groups is 1. The highest BCUT2D eigenvalue weighted by Crippen LogP contribution is 2.33. The van der Waals surface area contributed by atoms with Gasteiger partial charge in [0.05, 0.1) is 6.54 Å². The fraction of sp³-hybridized carbons (Fsp3) is 0.412. The molecule has 0 radical (unpaired) electrons. The Morgan fingerprint density at radius 1 is 1.41 bits per heavy atom. The van der Waals surface area contributed by atoms with E-state index >= 15 is 0 Å². The van der Waals surface area contributed by atoms with Crippen LogP contribution in [-0.2, 0) is 11.2 Å². The average Bonchev–Trinajstić information content (AvgIpc) is 2.52. The molecule has 0 saturated heterocycles. The summed E-state index contributed by atoms with van der Waals surface area (Å²) in [4.78, 5) is 25.4. The number of benzene rings is 1. The van der Waals surface area contributed by atoms with Gasteiger partial charge >= 0.3 is 6.03 Å². The van der Waals surface area contributed by atoms with Crippen molar-refractivity contribution >= 4 is 11.9 Å². The molecule has 0 heterocycles. The third kappa shape index (κ3) is 4.18. The lowest BCUT2D eigenvalue weighted by Crippen LogP contribution is -2.44. The van der Waals surface area contributed by atoms with Crippen LogP contribution in [-0.4, -0.2) is 37.0 Å². The van der Waals surface area contributed by atoms with Crippen molar-refractivity contribution in [2.45, 2.75) is 25.3 Å². The Labute approximate surface area is 131 Å². The van der Waals surface area contributed by atoms with Crippen molar-refractivity contribution in [2.24, 2.45) is 0 Å². The minimum atomic E-state index is -0.484. The molecular weight excluding hydrogens is 278 g/mol. The highest BCUT2D eigenvalue weighted by atomic mass is 16.2. The molecule has 1 aliphatic carbocycles. The van der Waals surface area contributed by atoms with Gasteiger partial charge in [-0.3, -0.25) is 15.0 Å². The number of urea groups is 1. The normalized spacial score (nSPS) is 16.7. The van der Waals surface area contributed by atoms with E-state index in [1.54, 1.807) is 6.08 Å². The predicted octanol–water partition coefficient (Wildman–Crippen LogP) is 2.01. The first kappa shape index (κ1) is 16.2. The lowest BCUT2D eigenvalue weighted by molar-refractivity contribution is -0.121. The van der Waals surface area contributed by atoms with Crippen LogP contribution in [0.1, 0.15) is 30.0 Å². The lowest BCUT2D eigenvalue weighted by atomic mass is 9.87. The van der Waals surface area contributed by atoms with Gasteiger partial charge in [0, 0.05) is 12.6 Å². The SMILES string of the molecule is C=CCNC(=O)NC(=O)CN(C)C1CCCc2ccccc21. The molecule has 22 heavy (non-hydrogen) atoms. The van der Waals surface area contributed by atoms with Crippen LogP contribution in [0.15, 0.2) is 36.9 Å². The summed E-state index contributed by atoms with van der Waals surface area (Å²) < 4.78 is 0. The van der Waals surface area contributed by atoms with Crippen molar-refractivity contribution in [2.75, 3.05) is 20.1 Å². The van der Waals surface area contributed by atoms with Crippen LogP contribution in [0.5, 0.6) is 0 Å². The number of carbonyl (C=O) groups is 2. The van der Waals surface area contributed by atoms with Gasteiger partial charge in [-0.15, -0.1) is 6.58 Å². The molecule has 5 nitrogen and oxygen atoms in total. The summed E-state index contributed by atoms with van der Waals surface area (Å²) in [7, 11) is 1.92. The van der Waals surface area contributed by atoms with Gasteiger partial charge in [0.1, 0.15) is 0 Å². The number of carbonyl (C=O) groups excluding carboxylic acids is 2. The fourth-order valence-electron chi connectivity index (χ4n) is 2.90. The molecule has 0 saturated carbocycles. The first-order valence-electron chi connectivity index (χ1n) is 7.58. The Hall–Kier alpha value is -2.14. The van der Waals surface area contributed by atoms with Gasteiger partial charge in [-0.25, -0.2) is 4.79 Å². The van der Waals surface area contributed by atoms with Crippen LogP contribution >= 0.6 is 0 Å². The molecule has 0 fully saturated rings. The quantitative estimate of drug-likeness (QED) is 0.818. The summed E-state index contributed by atoms with van der Waals surface area (Å²) in [5.74, 6) is -0.299. The van der Waals surface area contributed by atoms with Crippen LogP contribution in [0.25, 0.3) is 0 Å². The summed E-state index contributed by atoms with van der Waals surface area (Å²) in [6.45, 7) is 4.04. The van der Waals surface area contributed by atoms with Gasteiger partial charge < -0.3 is 5.32 Å². The second kappa shape index (κ2) is 7.75. The van der Waals surface area contributed by atoms with Crippen molar-refractivity contribution in [3.63, 3.8) is 0 Å². The molecule has 2 N–H and O–H groups in total. The summed E-state index contributed by atoms with van der Waals surface area (Å²) >= 11 is 0. The molecule has 1 aromatic carbocycles. The Balaban J connectivity index is 1.92. The van der Waals surface area contributed by atoms with Gasteiger partial charge in [0.2, 0.25) is 5.91 Å². The van der Waals surface area contributed by atoms with Crippen LogP contribution < -0.4 is 10.6 Å². The molecule has 1 unspecified atom stereocenters. The number of fused-ring (bicyclic) bond motifs is 1. The van der Waals surface area contributed by atoms with Crippen LogP contribution in [0, 0.1) is 0 Å². The zero-order valence-electron chi connectivity index (χ0n) is 13.0. The van der Waals surface area contributed by atoms with Gasteiger partial charge in [-0.1, -0.05) is 30.3 Å². The number of amides is 3. The first-order valence-corrected chi connectivity index (χ1v) is 7.58. The van der Waals surface area contributed by atoms with Crippen molar-refractivity contribution in [1.29, 1.82) is 0 Å². The van der Waals surface area contributed by atoms with E-state index in [1.165, 1.54) is 11.1 Å². The van der Waals surface area contributed by atoms with Crippen molar-refractivity contribution in [1.82, 2.24) is 15.5 Å². The number of likely N-dealkylation sites (N-methyl/N-ethyl adjacent to an activating group) is 1. The lowest BCUT2D eigenvalue weighted by Gasteiger charge is -2.32. The predicted molar refractivity (Wildman–Crippen MR) is 86.5 cm³/mol. The maximum absolute atomic E-state index is 11.9. The summed E-state index contributed by atoms with van der Waals surface area (Å²) in [5.41, 5.74) is 2.65. The standard InChI is InChI=1S/C17H23N3O2/c1-3-11-18-17(22)19-16(21)12-20(2)15-10-6-8-13-7-4-5-9-14(13)15/h3-5,7,9,15H,1,6,8,10-12H2,2H3,(H2,18,19,21,22). The van der Waals surface area contributed by atoms with Gasteiger partial charge in [-0.05, 0) is 37.4 Å². The first-order chi connectivity index (χ1) is 10.6. The molecule has 1 aromatic rings. The Bertz CT molecular complexity index is 557. The summed E-state index contributed by atoms with van der Waals surface area (Å²) in [5, 5.41) is 4.85. The van der Waals surface area contributed by atoms with E-state index in [0.717, 1.165) is 19.3 Å². The third-order valence-corrected chi connectivity index (χ3v) is 3.92. The second-order valence-corrected chi connectivity index (χ2v) is 5.57. The number of aryl methyl sites for hydroxylation is 1. The Morgan fingerprint density at radius 2 is 2.18 bits per heavy atom. The van der Waals surface area contributed by atoms with Gasteiger partial charge in [0.25, 0.3) is 0 Å². The molecule has 1 atom stereocenters. The van der Waals surface area contributed by atoms with Crippen molar-refractivity contribution in [3.05, 3.63) is 48.0 Å². The van der Waals surface area contributed by atoms with Crippen molar-refractivity contribution in [3.8, 4) is 0 Å². The van der Waals surface area contributed by atoms with E-state index in [4.69, 9.17) is 0 Å². The average molecular weight is 301 g/mol. The highest BCUT2D eigenvalue weighted by molar-refractivity contribution is 5.95. The molecular formula is C17H23N3O2. The molecule has 2 rings (SSSR count). The van der Waals surface area contributed by atoms with Crippen LogP contribution in [0.4, 0.5) is 4.79 Å². The van der Waals surface area contributed by atoms with E-state index in [9.17, 15) is 9.59 Å². The largest absolute Gasteiger partial charge is 0.334 e. The monoisotopic (exact) mass is 301 g/mol. The van der Waals surface area contributed by atoms with E-state index in [1.807, 2.05) is 18.0 Å². The minimum Gasteiger partial charge on any atom is -0.334 e. The second-order valence-electron chi connectivity index (χ2n) is 5.57. The smallest absolute Gasteiger partial charge is 0.321 e. The number of hydrogen-bond acceptors (Lipinski definition) is 3. The molecule has 5 heteroatoms. The fourth-order valence-corrected chi connectivity index (χ4v) is 2.90. The topological polar surface area (TPSA) is 61.4 Å². The molecule has 0 aromatic heterocycles. The summed E-state index contributed by atoms with van der Waals surface area (Å²) in [6.07, 6.45) is 4.81. The van der Waals surface area contributed by atoms with Crippen LogP contribution in [0.2, 0.25) is 0 Å². The van der Waals surface area contributed by atoms with Gasteiger partial charge in [-0.2, -0.15) is 0 Å². The molecule has 118 valence electrons. The van der Waals surface area contributed by atoms with Gasteiger partial charge in [0.15, 0.2) is 0 Å². The van der Waals surface area contributed by atoms with Crippen LogP contribution in [0.3, 0.4) is 0 Å². The molecule has 3 amide bonds. The Kier molecular flexibility index (Phi) is 5.72. The molecule has 0 aliphatic heterocycles. The minimum absolute atomic E-state index is 0.195. The third-order valence-electron chi connectivity index (χ3n) is 3.92. The molecule has 1 aliphatic rings. The number of nitrogens with one attached hydrogen (secondary N) is 2. The zero-order chi connectivity index (χ0) is 15.9. The maximum atomic E-state index is 11.9. The zero-order valence-corrected chi connectivity index (χ0v) is 13.0. The van der Waals surface area contributed by atoms with Crippen molar-refractivity contribution < 1.29 is 9.59 Å². The van der Waals surface area contributed by atoms with E-state index in [2.05, 4.69) is 35.4 Å². The Morgan fingerprint density at radius 3 is 2.95 bits per heavy atom. The van der Waals surface area contributed by atoms with E-state index in [-0.39, 0.29) is 18.5 Å². The van der Waals surface area contributed by atoms with E-state index < -0.39 is 6.03 Å². The summed E-state index contributed by atoms with van der Waals surface area (Å²) in [6, 6.07) is 8.11. The number of hydrogen-bond donors (Lipinski definition) is 2. The molecule has 0 spiro atoms. The molecule has 0 bridgehead atoms. The number of nitrogens with zero attached hydrogens (tertiary/aromatic N) is 1. The van der Waals surface area contributed by atoms with E-state index in [0.29, 0.717) is 6.54 Å².